The molecule has 6 nitrogen and oxygen atoms in total. The van der Waals surface area contributed by atoms with Gasteiger partial charge in [0.05, 0.1) is 5.56 Å². The lowest BCUT2D eigenvalue weighted by Crippen LogP contribution is -2.13. The molecular weight excluding hydrogens is 314 g/mol. The Morgan fingerprint density at radius 2 is 1.92 bits per heavy atom. The Balaban J connectivity index is 1.64. The molecule has 3 N–H and O–H groups in total. The van der Waals surface area contributed by atoms with Gasteiger partial charge in [0.25, 0.3) is 5.91 Å². The first-order chi connectivity index (χ1) is 12.1. The highest BCUT2D eigenvalue weighted by Gasteiger charge is 2.13. The molecule has 4 aromatic rings. The molecule has 0 unspecified atom stereocenters. The van der Waals surface area contributed by atoms with Crippen LogP contribution >= 0.6 is 0 Å². The first-order valence-electron chi connectivity index (χ1n) is 7.99. The van der Waals surface area contributed by atoms with Crippen molar-refractivity contribution < 1.29 is 4.79 Å². The van der Waals surface area contributed by atoms with Gasteiger partial charge in [-0.1, -0.05) is 30.3 Å². The molecule has 0 bridgehead atoms. The van der Waals surface area contributed by atoms with Gasteiger partial charge in [-0.25, -0.2) is 4.98 Å². The topological polar surface area (TPSA) is 86.5 Å². The molecule has 3 aromatic heterocycles. The van der Waals surface area contributed by atoms with Crippen molar-refractivity contribution in [3.8, 4) is 11.3 Å². The minimum atomic E-state index is -0.230. The number of amides is 1. The summed E-state index contributed by atoms with van der Waals surface area (Å²) < 4.78 is 0. The number of aromatic nitrogens is 4. The molecule has 0 atom stereocenters. The van der Waals surface area contributed by atoms with E-state index in [-0.39, 0.29) is 5.91 Å². The zero-order valence-corrected chi connectivity index (χ0v) is 13.9. The number of pyridine rings is 1. The average molecular weight is 331 g/mol. The molecule has 0 spiro atoms. The van der Waals surface area contributed by atoms with Crippen molar-refractivity contribution in [1.29, 1.82) is 0 Å². The van der Waals surface area contributed by atoms with Crippen molar-refractivity contribution in [2.24, 2.45) is 0 Å². The maximum atomic E-state index is 12.5. The Morgan fingerprint density at radius 3 is 2.64 bits per heavy atom. The van der Waals surface area contributed by atoms with E-state index in [2.05, 4.69) is 25.5 Å². The van der Waals surface area contributed by atoms with E-state index in [4.69, 9.17) is 0 Å². The van der Waals surface area contributed by atoms with Crippen LogP contribution in [0.4, 0.5) is 5.82 Å². The van der Waals surface area contributed by atoms with Gasteiger partial charge in [0, 0.05) is 28.5 Å². The molecule has 124 valence electrons. The van der Waals surface area contributed by atoms with Gasteiger partial charge in [0.2, 0.25) is 0 Å². The highest BCUT2D eigenvalue weighted by atomic mass is 16.1. The third-order valence-electron chi connectivity index (χ3n) is 4.30. The molecule has 4 rings (SSSR count). The van der Waals surface area contributed by atoms with E-state index < -0.39 is 0 Å². The number of fused-ring (bicyclic) bond motifs is 1. The minimum Gasteiger partial charge on any atom is -0.339 e. The normalized spacial score (nSPS) is 11.0. The third-order valence-corrected chi connectivity index (χ3v) is 4.30. The van der Waals surface area contributed by atoms with Crippen LogP contribution in [-0.2, 0) is 0 Å². The number of aryl methyl sites for hydroxylation is 1. The molecule has 0 saturated carbocycles. The SMILES string of the molecule is Cc1[nH]nc(NC(=O)c2cnc3[nH]c(-c4ccccc4)cc3c2)c1C. The van der Waals surface area contributed by atoms with Gasteiger partial charge in [0.15, 0.2) is 5.82 Å². The van der Waals surface area contributed by atoms with Crippen LogP contribution < -0.4 is 5.32 Å². The Labute approximate surface area is 144 Å². The number of carbonyl (C=O) groups is 1. The van der Waals surface area contributed by atoms with Crippen LogP contribution in [-0.4, -0.2) is 26.1 Å². The first-order valence-corrected chi connectivity index (χ1v) is 7.99. The van der Waals surface area contributed by atoms with Crippen molar-refractivity contribution in [1.82, 2.24) is 20.2 Å². The van der Waals surface area contributed by atoms with Crippen molar-refractivity contribution in [3.63, 3.8) is 0 Å². The summed E-state index contributed by atoms with van der Waals surface area (Å²) in [4.78, 5) is 20.1. The third kappa shape index (κ3) is 2.78. The summed E-state index contributed by atoms with van der Waals surface area (Å²) in [7, 11) is 0. The Bertz CT molecular complexity index is 1060. The number of benzene rings is 1. The van der Waals surface area contributed by atoms with Crippen LogP contribution in [0.2, 0.25) is 0 Å². The number of anilines is 1. The molecule has 6 heteroatoms. The van der Waals surface area contributed by atoms with Crippen LogP contribution in [0.5, 0.6) is 0 Å². The van der Waals surface area contributed by atoms with Crippen molar-refractivity contribution in [2.45, 2.75) is 13.8 Å². The second-order valence-electron chi connectivity index (χ2n) is 5.99. The molecule has 0 radical (unpaired) electrons. The van der Waals surface area contributed by atoms with Crippen LogP contribution in [0.15, 0.2) is 48.7 Å². The quantitative estimate of drug-likeness (QED) is 0.533. The maximum absolute atomic E-state index is 12.5. The van der Waals surface area contributed by atoms with Crippen LogP contribution in [0.25, 0.3) is 22.3 Å². The predicted molar refractivity (Wildman–Crippen MR) is 97.5 cm³/mol. The first kappa shape index (κ1) is 15.1. The van der Waals surface area contributed by atoms with E-state index in [1.165, 1.54) is 0 Å². The summed E-state index contributed by atoms with van der Waals surface area (Å²) in [5.41, 5.74) is 5.15. The number of rotatable bonds is 3. The molecule has 25 heavy (non-hydrogen) atoms. The van der Waals surface area contributed by atoms with Crippen LogP contribution in [0.3, 0.4) is 0 Å². The van der Waals surface area contributed by atoms with Crippen LogP contribution in [0.1, 0.15) is 21.6 Å². The molecule has 1 aromatic carbocycles. The lowest BCUT2D eigenvalue weighted by molar-refractivity contribution is 0.102. The lowest BCUT2D eigenvalue weighted by Gasteiger charge is -2.03. The van der Waals surface area contributed by atoms with Gasteiger partial charge >= 0.3 is 0 Å². The number of aromatic amines is 2. The highest BCUT2D eigenvalue weighted by molar-refractivity contribution is 6.05. The second kappa shape index (κ2) is 5.90. The smallest absolute Gasteiger partial charge is 0.258 e. The lowest BCUT2D eigenvalue weighted by atomic mass is 10.1. The number of nitrogens with one attached hydrogen (secondary N) is 3. The molecule has 0 saturated heterocycles. The van der Waals surface area contributed by atoms with E-state index >= 15 is 0 Å². The van der Waals surface area contributed by atoms with Crippen molar-refractivity contribution in [3.05, 3.63) is 65.5 Å². The Hall–Kier alpha value is -3.41. The van der Waals surface area contributed by atoms with E-state index in [1.807, 2.05) is 56.3 Å². The maximum Gasteiger partial charge on any atom is 0.258 e. The van der Waals surface area contributed by atoms with Crippen molar-refractivity contribution >= 4 is 22.8 Å². The molecule has 3 heterocycles. The van der Waals surface area contributed by atoms with Gasteiger partial charge in [-0.05, 0) is 31.5 Å². The zero-order chi connectivity index (χ0) is 17.4. The van der Waals surface area contributed by atoms with E-state index in [1.54, 1.807) is 6.20 Å². The molecular formula is C19H17N5O. The fourth-order valence-electron chi connectivity index (χ4n) is 2.70. The summed E-state index contributed by atoms with van der Waals surface area (Å²) in [5.74, 6) is 0.313. The number of H-pyrrole nitrogens is 2. The zero-order valence-electron chi connectivity index (χ0n) is 13.9. The van der Waals surface area contributed by atoms with E-state index in [0.29, 0.717) is 11.4 Å². The van der Waals surface area contributed by atoms with Gasteiger partial charge in [-0.2, -0.15) is 5.10 Å². The summed E-state index contributed by atoms with van der Waals surface area (Å²) in [5, 5.41) is 10.7. The Morgan fingerprint density at radius 1 is 1.12 bits per heavy atom. The van der Waals surface area contributed by atoms with Gasteiger partial charge in [0.1, 0.15) is 5.65 Å². The number of hydrogen-bond acceptors (Lipinski definition) is 3. The molecule has 0 fully saturated rings. The number of nitrogens with zero attached hydrogens (tertiary/aromatic N) is 2. The number of hydrogen-bond donors (Lipinski definition) is 3. The fourth-order valence-corrected chi connectivity index (χ4v) is 2.70. The van der Waals surface area contributed by atoms with Gasteiger partial charge in [-0.15, -0.1) is 0 Å². The predicted octanol–water partition coefficient (Wildman–Crippen LogP) is 3.82. The highest BCUT2D eigenvalue weighted by Crippen LogP contribution is 2.24. The van der Waals surface area contributed by atoms with Crippen LogP contribution in [0, 0.1) is 13.8 Å². The summed E-state index contributed by atoms with van der Waals surface area (Å²) in [6, 6.07) is 13.8. The standard InChI is InChI=1S/C19H17N5O/c1-11-12(2)23-24-17(11)22-19(25)15-8-14-9-16(21-18(14)20-10-15)13-6-4-3-5-7-13/h3-10H,1-2H3,(H,20,21)(H2,22,23,24,25). The second-order valence-corrected chi connectivity index (χ2v) is 5.99. The summed E-state index contributed by atoms with van der Waals surface area (Å²) >= 11 is 0. The molecule has 0 aliphatic rings. The van der Waals surface area contributed by atoms with Crippen molar-refractivity contribution in [2.75, 3.05) is 5.32 Å². The molecule has 0 aliphatic heterocycles. The van der Waals surface area contributed by atoms with Gasteiger partial charge in [-0.3, -0.25) is 9.89 Å². The van der Waals surface area contributed by atoms with E-state index in [0.717, 1.165) is 33.5 Å². The van der Waals surface area contributed by atoms with E-state index in [9.17, 15) is 4.79 Å². The summed E-state index contributed by atoms with van der Waals surface area (Å²) in [6.07, 6.45) is 1.57. The minimum absolute atomic E-state index is 0.230. The molecule has 1 amide bonds. The average Bonchev–Trinajstić information content (AvgIpc) is 3.20. The van der Waals surface area contributed by atoms with Gasteiger partial charge < -0.3 is 10.3 Å². The largest absolute Gasteiger partial charge is 0.339 e. The molecule has 0 aliphatic carbocycles. The fraction of sp³-hybridized carbons (Fsp3) is 0.105. The summed E-state index contributed by atoms with van der Waals surface area (Å²) in [6.45, 7) is 3.82. The number of carbonyl (C=O) groups excluding carboxylic acids is 1. The monoisotopic (exact) mass is 331 g/mol. The Kier molecular flexibility index (Phi) is 3.57.